The van der Waals surface area contributed by atoms with Crippen molar-refractivity contribution < 1.29 is 23.9 Å². The number of nitrogens with zero attached hydrogens (tertiary/aromatic N) is 1. The lowest BCUT2D eigenvalue weighted by Gasteiger charge is -2.17. The molecule has 3 amide bonds. The third-order valence-corrected chi connectivity index (χ3v) is 5.97. The molecule has 0 aliphatic carbocycles. The van der Waals surface area contributed by atoms with Gasteiger partial charge < -0.3 is 25.0 Å². The molecular formula is C28H29N3O5. The van der Waals surface area contributed by atoms with E-state index in [0.717, 1.165) is 16.9 Å². The van der Waals surface area contributed by atoms with E-state index in [-0.39, 0.29) is 30.7 Å². The number of hydrogen-bond donors (Lipinski definition) is 2. The Labute approximate surface area is 210 Å². The summed E-state index contributed by atoms with van der Waals surface area (Å²) in [6.45, 7) is 1.03. The zero-order chi connectivity index (χ0) is 25.3. The lowest BCUT2D eigenvalue weighted by atomic mass is 10.1. The van der Waals surface area contributed by atoms with Crippen molar-refractivity contribution in [3.05, 3.63) is 90.0 Å². The fourth-order valence-electron chi connectivity index (χ4n) is 3.93. The van der Waals surface area contributed by atoms with Crippen molar-refractivity contribution in [1.29, 1.82) is 0 Å². The van der Waals surface area contributed by atoms with Crippen LogP contribution in [0.15, 0.2) is 78.9 Å². The quantitative estimate of drug-likeness (QED) is 0.458. The molecule has 8 nitrogen and oxygen atoms in total. The lowest BCUT2D eigenvalue weighted by molar-refractivity contribution is -0.126. The number of nitrogens with one attached hydrogen (secondary N) is 2. The maximum atomic E-state index is 12.6. The molecule has 186 valence electrons. The van der Waals surface area contributed by atoms with Gasteiger partial charge in [0.25, 0.3) is 5.91 Å². The van der Waals surface area contributed by atoms with Gasteiger partial charge in [0.1, 0.15) is 11.5 Å². The molecule has 1 unspecified atom stereocenters. The number of hydrogen-bond acceptors (Lipinski definition) is 5. The third-order valence-electron chi connectivity index (χ3n) is 5.97. The van der Waals surface area contributed by atoms with Gasteiger partial charge in [-0.15, -0.1) is 0 Å². The number of benzene rings is 3. The average Bonchev–Trinajstić information content (AvgIpc) is 3.32. The summed E-state index contributed by atoms with van der Waals surface area (Å²) < 4.78 is 10.7. The van der Waals surface area contributed by atoms with E-state index in [2.05, 4.69) is 10.6 Å². The smallest absolute Gasteiger partial charge is 0.258 e. The monoisotopic (exact) mass is 487 g/mol. The molecule has 4 rings (SSSR count). The Kier molecular flexibility index (Phi) is 8.18. The highest BCUT2D eigenvalue weighted by Crippen LogP contribution is 2.27. The van der Waals surface area contributed by atoms with Gasteiger partial charge in [0, 0.05) is 31.7 Å². The molecule has 1 aliphatic rings. The standard InChI is InChI=1S/C28H29N3O5/c1-35-24-11-7-21(8-12-24)17-30-28(34)22-15-27(33)31(18-22)23-9-13-25(14-10-23)36-19-26(32)29-16-20-5-3-2-4-6-20/h2-14,22H,15-19H2,1H3,(H,29,32)(H,30,34). The summed E-state index contributed by atoms with van der Waals surface area (Å²) in [4.78, 5) is 38.9. The second kappa shape index (κ2) is 11.9. The fourth-order valence-corrected chi connectivity index (χ4v) is 3.93. The Morgan fingerprint density at radius 3 is 2.19 bits per heavy atom. The highest BCUT2D eigenvalue weighted by Gasteiger charge is 2.35. The molecule has 0 spiro atoms. The third kappa shape index (κ3) is 6.63. The summed E-state index contributed by atoms with van der Waals surface area (Å²) in [5.74, 6) is 0.386. The lowest BCUT2D eigenvalue weighted by Crippen LogP contribution is -2.32. The summed E-state index contributed by atoms with van der Waals surface area (Å²) in [6.07, 6.45) is 0.161. The SMILES string of the molecule is COc1ccc(CNC(=O)C2CC(=O)N(c3ccc(OCC(=O)NCc4ccccc4)cc3)C2)cc1. The van der Waals surface area contributed by atoms with E-state index < -0.39 is 5.92 Å². The first-order valence-electron chi connectivity index (χ1n) is 11.8. The maximum Gasteiger partial charge on any atom is 0.258 e. The van der Waals surface area contributed by atoms with Gasteiger partial charge in [0.15, 0.2) is 6.61 Å². The Balaban J connectivity index is 1.23. The number of carbonyl (C=O) groups excluding carboxylic acids is 3. The molecule has 1 saturated heterocycles. The fraction of sp³-hybridized carbons (Fsp3) is 0.250. The molecule has 1 aliphatic heterocycles. The van der Waals surface area contributed by atoms with Crippen molar-refractivity contribution in [2.45, 2.75) is 19.5 Å². The van der Waals surface area contributed by atoms with Crippen LogP contribution in [0, 0.1) is 5.92 Å². The molecule has 1 fully saturated rings. The summed E-state index contributed by atoms with van der Waals surface area (Å²) in [5, 5.41) is 5.72. The zero-order valence-corrected chi connectivity index (χ0v) is 20.1. The minimum absolute atomic E-state index is 0.103. The average molecular weight is 488 g/mol. The van der Waals surface area contributed by atoms with Crippen LogP contribution >= 0.6 is 0 Å². The molecular weight excluding hydrogens is 458 g/mol. The first kappa shape index (κ1) is 24.8. The van der Waals surface area contributed by atoms with E-state index in [0.29, 0.717) is 31.1 Å². The minimum atomic E-state index is -0.417. The second-order valence-corrected chi connectivity index (χ2v) is 8.52. The molecule has 8 heteroatoms. The van der Waals surface area contributed by atoms with Crippen LogP contribution < -0.4 is 25.0 Å². The first-order valence-corrected chi connectivity index (χ1v) is 11.8. The highest BCUT2D eigenvalue weighted by molar-refractivity contribution is 6.00. The Morgan fingerprint density at radius 1 is 0.861 bits per heavy atom. The van der Waals surface area contributed by atoms with Crippen molar-refractivity contribution in [2.75, 3.05) is 25.2 Å². The first-order chi connectivity index (χ1) is 17.5. The van der Waals surface area contributed by atoms with Crippen molar-refractivity contribution in [1.82, 2.24) is 10.6 Å². The molecule has 36 heavy (non-hydrogen) atoms. The van der Waals surface area contributed by atoms with Crippen molar-refractivity contribution >= 4 is 23.4 Å². The normalized spacial score (nSPS) is 14.9. The minimum Gasteiger partial charge on any atom is -0.497 e. The van der Waals surface area contributed by atoms with Gasteiger partial charge in [-0.05, 0) is 47.5 Å². The van der Waals surface area contributed by atoms with Crippen molar-refractivity contribution in [3.63, 3.8) is 0 Å². The number of methoxy groups -OCH3 is 1. The van der Waals surface area contributed by atoms with Gasteiger partial charge in [-0.25, -0.2) is 0 Å². The van der Waals surface area contributed by atoms with Crippen molar-refractivity contribution in [3.8, 4) is 11.5 Å². The van der Waals surface area contributed by atoms with Crippen LogP contribution in [0.25, 0.3) is 0 Å². The van der Waals surface area contributed by atoms with E-state index in [1.165, 1.54) is 0 Å². The number of ether oxygens (including phenoxy) is 2. The largest absolute Gasteiger partial charge is 0.497 e. The molecule has 2 N–H and O–H groups in total. The summed E-state index contributed by atoms with van der Waals surface area (Å²) >= 11 is 0. The van der Waals surface area contributed by atoms with E-state index in [1.54, 1.807) is 36.3 Å². The van der Waals surface area contributed by atoms with Gasteiger partial charge in [-0.2, -0.15) is 0 Å². The predicted molar refractivity (Wildman–Crippen MR) is 136 cm³/mol. The van der Waals surface area contributed by atoms with Crippen LogP contribution in [0.5, 0.6) is 11.5 Å². The Morgan fingerprint density at radius 2 is 1.50 bits per heavy atom. The van der Waals surface area contributed by atoms with Crippen molar-refractivity contribution in [2.24, 2.45) is 5.92 Å². The van der Waals surface area contributed by atoms with Gasteiger partial charge in [0.2, 0.25) is 11.8 Å². The number of carbonyl (C=O) groups is 3. The van der Waals surface area contributed by atoms with Crippen LogP contribution in [0.2, 0.25) is 0 Å². The predicted octanol–water partition coefficient (Wildman–Crippen LogP) is 3.06. The van der Waals surface area contributed by atoms with Crippen LogP contribution in [-0.2, 0) is 27.5 Å². The molecule has 0 aromatic heterocycles. The van der Waals surface area contributed by atoms with Gasteiger partial charge in [0.05, 0.1) is 13.0 Å². The highest BCUT2D eigenvalue weighted by atomic mass is 16.5. The molecule has 0 bridgehead atoms. The van der Waals surface area contributed by atoms with E-state index in [9.17, 15) is 14.4 Å². The van der Waals surface area contributed by atoms with E-state index >= 15 is 0 Å². The summed E-state index contributed by atoms with van der Waals surface area (Å²) in [5.41, 5.74) is 2.65. The number of anilines is 1. The summed E-state index contributed by atoms with van der Waals surface area (Å²) in [6, 6.07) is 24.0. The Hall–Kier alpha value is -4.33. The van der Waals surface area contributed by atoms with E-state index in [1.807, 2.05) is 54.6 Å². The van der Waals surface area contributed by atoms with Gasteiger partial charge in [-0.1, -0.05) is 42.5 Å². The maximum absolute atomic E-state index is 12.6. The van der Waals surface area contributed by atoms with Crippen LogP contribution in [-0.4, -0.2) is 38.0 Å². The van der Waals surface area contributed by atoms with Crippen LogP contribution in [0.4, 0.5) is 5.69 Å². The molecule has 1 atom stereocenters. The number of rotatable bonds is 10. The second-order valence-electron chi connectivity index (χ2n) is 8.52. The van der Waals surface area contributed by atoms with Crippen LogP contribution in [0.3, 0.4) is 0 Å². The van der Waals surface area contributed by atoms with Crippen LogP contribution in [0.1, 0.15) is 17.5 Å². The molecule has 1 heterocycles. The molecule has 0 radical (unpaired) electrons. The molecule has 3 aromatic carbocycles. The molecule has 0 saturated carbocycles. The van der Waals surface area contributed by atoms with Gasteiger partial charge in [-0.3, -0.25) is 14.4 Å². The Bertz CT molecular complexity index is 1180. The molecule has 3 aromatic rings. The topological polar surface area (TPSA) is 97.0 Å². The van der Waals surface area contributed by atoms with E-state index in [4.69, 9.17) is 9.47 Å². The zero-order valence-electron chi connectivity index (χ0n) is 20.1. The number of amides is 3. The summed E-state index contributed by atoms with van der Waals surface area (Å²) in [7, 11) is 1.60. The van der Waals surface area contributed by atoms with Gasteiger partial charge >= 0.3 is 0 Å².